The van der Waals surface area contributed by atoms with Crippen LogP contribution in [0.2, 0.25) is 0 Å². The molecule has 0 unspecified atom stereocenters. The van der Waals surface area contributed by atoms with Gasteiger partial charge in [0.1, 0.15) is 18.4 Å². The zero-order valence-corrected chi connectivity index (χ0v) is 10.6. The predicted molar refractivity (Wildman–Crippen MR) is 63.0 cm³/mol. The third kappa shape index (κ3) is 1.59. The molecular weight excluding hydrogens is 236 g/mol. The van der Waals surface area contributed by atoms with E-state index in [-0.39, 0.29) is 17.9 Å². The Balaban J connectivity index is 2.12. The molecule has 1 saturated carbocycles. The molecule has 1 spiro atoms. The minimum Gasteiger partial charge on any atom is -0.465 e. The second kappa shape index (κ2) is 3.96. The Bertz CT molecular complexity index is 411. The van der Waals surface area contributed by atoms with Gasteiger partial charge in [-0.1, -0.05) is 6.92 Å². The summed E-state index contributed by atoms with van der Waals surface area (Å²) < 4.78 is 0. The zero-order valence-electron chi connectivity index (χ0n) is 10.6. The Morgan fingerprint density at radius 3 is 2.61 bits per heavy atom. The lowest BCUT2D eigenvalue weighted by Crippen LogP contribution is -2.53. The summed E-state index contributed by atoms with van der Waals surface area (Å²) in [5.74, 6) is 0.112. The maximum absolute atomic E-state index is 12.0. The number of amides is 2. The van der Waals surface area contributed by atoms with E-state index < -0.39 is 11.6 Å². The number of carboxylic acid groups (broad SMARTS) is 1. The first kappa shape index (κ1) is 12.9. The summed E-state index contributed by atoms with van der Waals surface area (Å²) in [6.45, 7) is 4.13. The maximum atomic E-state index is 12.0. The highest BCUT2D eigenvalue weighted by atomic mass is 16.4. The fraction of sp³-hybridized carbons (Fsp3) is 0.750. The predicted octanol–water partition coefficient (Wildman–Crippen LogP) is 0.470. The number of nitrogens with zero attached hydrogens (tertiary/aromatic N) is 1. The van der Waals surface area contributed by atoms with Gasteiger partial charge in [-0.25, -0.2) is 4.79 Å². The summed E-state index contributed by atoms with van der Waals surface area (Å²) in [4.78, 5) is 35.4. The summed E-state index contributed by atoms with van der Waals surface area (Å²) in [5.41, 5.74) is -0.878. The molecule has 0 radical (unpaired) electrons. The van der Waals surface area contributed by atoms with Crippen molar-refractivity contribution in [2.24, 2.45) is 11.3 Å². The van der Waals surface area contributed by atoms with Crippen LogP contribution in [0, 0.1) is 11.3 Å². The lowest BCUT2D eigenvalue weighted by atomic mass is 9.82. The minimum absolute atomic E-state index is 0.0896. The van der Waals surface area contributed by atoms with Crippen LogP contribution in [0.5, 0.6) is 0 Å². The van der Waals surface area contributed by atoms with Crippen LogP contribution in [0.4, 0.5) is 4.79 Å². The molecule has 100 valence electrons. The van der Waals surface area contributed by atoms with E-state index in [0.717, 1.165) is 19.1 Å². The maximum Gasteiger partial charge on any atom is 0.405 e. The van der Waals surface area contributed by atoms with Gasteiger partial charge in [0.05, 0.1) is 0 Å². The number of aldehydes is 1. The topological polar surface area (TPSA) is 86.7 Å². The van der Waals surface area contributed by atoms with Crippen LogP contribution in [0.1, 0.15) is 26.7 Å². The van der Waals surface area contributed by atoms with E-state index >= 15 is 0 Å². The van der Waals surface area contributed by atoms with Crippen LogP contribution < -0.4 is 5.32 Å². The van der Waals surface area contributed by atoms with Gasteiger partial charge in [0.15, 0.2) is 0 Å². The highest BCUT2D eigenvalue weighted by Crippen LogP contribution is 2.65. The first-order valence-corrected chi connectivity index (χ1v) is 6.11. The van der Waals surface area contributed by atoms with Gasteiger partial charge in [-0.15, -0.1) is 0 Å². The highest BCUT2D eigenvalue weighted by Gasteiger charge is 2.68. The van der Waals surface area contributed by atoms with Crippen LogP contribution in [0.3, 0.4) is 0 Å². The number of rotatable bonds is 3. The largest absolute Gasteiger partial charge is 0.465 e. The molecule has 2 rings (SSSR count). The first-order valence-electron chi connectivity index (χ1n) is 6.11. The number of likely N-dealkylation sites (tertiary alicyclic amines) is 1. The summed E-state index contributed by atoms with van der Waals surface area (Å²) in [6, 6.07) is 0. The number of carbonyl (C=O) groups excluding carboxylic acids is 2. The van der Waals surface area contributed by atoms with Crippen molar-refractivity contribution in [3.63, 3.8) is 0 Å². The molecule has 0 aromatic rings. The highest BCUT2D eigenvalue weighted by molar-refractivity contribution is 5.87. The Morgan fingerprint density at radius 2 is 2.17 bits per heavy atom. The lowest BCUT2D eigenvalue weighted by molar-refractivity contribution is -0.139. The number of nitrogens with one attached hydrogen (secondary N) is 1. The van der Waals surface area contributed by atoms with Crippen molar-refractivity contribution >= 4 is 18.3 Å². The quantitative estimate of drug-likeness (QED) is 0.717. The minimum atomic E-state index is -1.23. The van der Waals surface area contributed by atoms with Crippen molar-refractivity contribution in [2.75, 3.05) is 13.1 Å². The third-order valence-electron chi connectivity index (χ3n) is 4.73. The van der Waals surface area contributed by atoms with Crippen molar-refractivity contribution in [3.05, 3.63) is 0 Å². The van der Waals surface area contributed by atoms with E-state index in [1.165, 1.54) is 4.90 Å². The van der Waals surface area contributed by atoms with E-state index in [2.05, 4.69) is 12.2 Å². The Labute approximate surface area is 105 Å². The van der Waals surface area contributed by atoms with Gasteiger partial charge in [-0.3, -0.25) is 4.79 Å². The molecule has 0 aromatic carbocycles. The van der Waals surface area contributed by atoms with E-state index in [1.807, 2.05) is 0 Å². The third-order valence-corrected chi connectivity index (χ3v) is 4.73. The van der Waals surface area contributed by atoms with E-state index in [0.29, 0.717) is 12.5 Å². The molecule has 1 aliphatic carbocycles. The van der Waals surface area contributed by atoms with Crippen molar-refractivity contribution in [3.8, 4) is 0 Å². The van der Waals surface area contributed by atoms with Gasteiger partial charge < -0.3 is 20.1 Å². The van der Waals surface area contributed by atoms with Crippen LogP contribution in [-0.4, -0.2) is 46.9 Å². The fourth-order valence-corrected chi connectivity index (χ4v) is 3.42. The molecular formula is C12H18N2O4. The molecule has 2 fully saturated rings. The molecule has 3 atom stereocenters. The van der Waals surface area contributed by atoms with Gasteiger partial charge in [0.2, 0.25) is 5.91 Å². The van der Waals surface area contributed by atoms with Crippen LogP contribution in [0.25, 0.3) is 0 Å². The smallest absolute Gasteiger partial charge is 0.405 e. The Kier molecular flexibility index (Phi) is 2.83. The molecule has 6 nitrogen and oxygen atoms in total. The molecule has 2 aliphatic rings. The molecule has 1 saturated heterocycles. The number of hydrogen-bond acceptors (Lipinski definition) is 3. The monoisotopic (exact) mass is 254 g/mol. The van der Waals surface area contributed by atoms with Crippen molar-refractivity contribution < 1.29 is 19.5 Å². The van der Waals surface area contributed by atoms with Gasteiger partial charge >= 0.3 is 6.09 Å². The summed E-state index contributed by atoms with van der Waals surface area (Å²) >= 11 is 0. The summed E-state index contributed by atoms with van der Waals surface area (Å²) in [7, 11) is 0. The molecule has 2 N–H and O–H groups in total. The number of hydrogen-bond donors (Lipinski definition) is 2. The van der Waals surface area contributed by atoms with Crippen molar-refractivity contribution in [1.82, 2.24) is 10.2 Å². The fourth-order valence-electron chi connectivity index (χ4n) is 3.42. The average molecular weight is 254 g/mol. The Morgan fingerprint density at radius 1 is 1.56 bits per heavy atom. The lowest BCUT2D eigenvalue weighted by Gasteiger charge is -2.35. The molecule has 1 heterocycles. The SMILES string of the molecule is C[C@H]1C[C@@]12CCN(C(=O)CNC(=O)O)[C@]2(C)C=O. The van der Waals surface area contributed by atoms with E-state index in [9.17, 15) is 14.4 Å². The van der Waals surface area contributed by atoms with Gasteiger partial charge in [0, 0.05) is 12.0 Å². The molecule has 0 bridgehead atoms. The van der Waals surface area contributed by atoms with Crippen LogP contribution in [0.15, 0.2) is 0 Å². The van der Waals surface area contributed by atoms with Crippen molar-refractivity contribution in [1.29, 1.82) is 0 Å². The molecule has 2 amide bonds. The summed E-state index contributed by atoms with van der Waals surface area (Å²) in [5, 5.41) is 10.6. The average Bonchev–Trinajstić information content (AvgIpc) is 2.88. The molecule has 18 heavy (non-hydrogen) atoms. The normalized spacial score (nSPS) is 37.7. The summed E-state index contributed by atoms with van der Waals surface area (Å²) in [6.07, 6.45) is 1.40. The molecule has 1 aliphatic heterocycles. The number of carbonyl (C=O) groups is 3. The second-order valence-corrected chi connectivity index (χ2v) is 5.48. The van der Waals surface area contributed by atoms with Gasteiger partial charge in [0.25, 0.3) is 0 Å². The van der Waals surface area contributed by atoms with E-state index in [1.54, 1.807) is 6.92 Å². The first-order chi connectivity index (χ1) is 8.37. The Hall–Kier alpha value is -1.59. The van der Waals surface area contributed by atoms with Crippen LogP contribution in [-0.2, 0) is 9.59 Å². The van der Waals surface area contributed by atoms with Crippen LogP contribution >= 0.6 is 0 Å². The zero-order chi connectivity index (χ0) is 13.6. The second-order valence-electron chi connectivity index (χ2n) is 5.48. The molecule has 6 heteroatoms. The van der Waals surface area contributed by atoms with Gasteiger partial charge in [-0.2, -0.15) is 0 Å². The van der Waals surface area contributed by atoms with Gasteiger partial charge in [-0.05, 0) is 25.7 Å². The van der Waals surface area contributed by atoms with Crippen molar-refractivity contribution in [2.45, 2.75) is 32.2 Å². The van der Waals surface area contributed by atoms with E-state index in [4.69, 9.17) is 5.11 Å². The molecule has 0 aromatic heterocycles. The standard InChI is InChI=1S/C12H18N2O4/c1-8-5-12(8)3-4-14(11(12,2)7-15)9(16)6-13-10(17)18/h7-8,13H,3-6H2,1-2H3,(H,17,18)/t8-,11+,12-/m0/s1.